The second-order valence-electron chi connectivity index (χ2n) is 5.00. The highest BCUT2D eigenvalue weighted by molar-refractivity contribution is 7.17. The number of ether oxygens (including phenoxy) is 1. The maximum atomic E-state index is 11.1. The summed E-state index contributed by atoms with van der Waals surface area (Å²) in [6.07, 6.45) is 0.795. The number of carboxylic acids is 1. The van der Waals surface area contributed by atoms with Gasteiger partial charge in [0.15, 0.2) is 0 Å². The lowest BCUT2D eigenvalue weighted by Gasteiger charge is -2.05. The third-order valence-electron chi connectivity index (χ3n) is 3.35. The molecule has 106 valence electrons. The Labute approximate surface area is 125 Å². The normalized spacial score (nSPS) is 16.1. The van der Waals surface area contributed by atoms with Crippen molar-refractivity contribution in [1.82, 2.24) is 4.98 Å². The zero-order valence-corrected chi connectivity index (χ0v) is 12.3. The summed E-state index contributed by atoms with van der Waals surface area (Å²) < 4.78 is 5.65. The molecule has 6 heteroatoms. The Morgan fingerprint density at radius 3 is 2.95 bits per heavy atom. The van der Waals surface area contributed by atoms with E-state index in [4.69, 9.17) is 9.84 Å². The number of rotatable bonds is 2. The van der Waals surface area contributed by atoms with E-state index in [0.717, 1.165) is 28.9 Å². The molecule has 1 unspecified atom stereocenters. The van der Waals surface area contributed by atoms with Crippen molar-refractivity contribution in [2.45, 2.75) is 26.4 Å². The summed E-state index contributed by atoms with van der Waals surface area (Å²) in [5.41, 5.74) is 2.70. The quantitative estimate of drug-likeness (QED) is 0.921. The van der Waals surface area contributed by atoms with Crippen LogP contribution in [0.2, 0.25) is 0 Å². The monoisotopic (exact) mass is 300 g/mol. The number of aromatic carboxylic acids is 1. The zero-order valence-electron chi connectivity index (χ0n) is 11.5. The van der Waals surface area contributed by atoms with E-state index < -0.39 is 5.97 Å². The molecule has 2 aromatic rings. The molecule has 0 fully saturated rings. The lowest BCUT2D eigenvalue weighted by atomic mass is 10.0. The van der Waals surface area contributed by atoms with Crippen molar-refractivity contribution >= 4 is 17.3 Å². The molecule has 1 N–H and O–H groups in total. The molecule has 0 radical (unpaired) electrons. The van der Waals surface area contributed by atoms with Gasteiger partial charge in [-0.15, -0.1) is 11.3 Å². The number of carboxylic acid groups (broad SMARTS) is 1. The Kier molecular flexibility index (Phi) is 3.15. The van der Waals surface area contributed by atoms with Crippen molar-refractivity contribution < 1.29 is 14.6 Å². The molecule has 5 nitrogen and oxygen atoms in total. The van der Waals surface area contributed by atoms with Gasteiger partial charge < -0.3 is 9.84 Å². The minimum absolute atomic E-state index is 0.0509. The lowest BCUT2D eigenvalue weighted by molar-refractivity contribution is 0.0701. The highest BCUT2D eigenvalue weighted by atomic mass is 32.1. The Morgan fingerprint density at radius 2 is 2.33 bits per heavy atom. The van der Waals surface area contributed by atoms with Gasteiger partial charge in [0.05, 0.1) is 11.3 Å². The smallest absolute Gasteiger partial charge is 0.347 e. The van der Waals surface area contributed by atoms with E-state index in [2.05, 4.69) is 11.1 Å². The first-order chi connectivity index (χ1) is 9.99. The number of thiazole rings is 1. The van der Waals surface area contributed by atoms with E-state index in [0.29, 0.717) is 22.0 Å². The van der Waals surface area contributed by atoms with Crippen LogP contribution in [-0.4, -0.2) is 22.2 Å². The molecular weight excluding hydrogens is 288 g/mol. The number of hydrogen-bond donors (Lipinski definition) is 1. The fourth-order valence-electron chi connectivity index (χ4n) is 2.46. The molecule has 3 rings (SSSR count). The van der Waals surface area contributed by atoms with E-state index in [1.807, 2.05) is 13.0 Å². The standard InChI is InChI=1S/C15H12N2O3S/c1-7-3-9-4-10(5-11(6-16)12(9)20-7)14-17-8(2)13(21-14)15(18)19/h4-5,7H,3H2,1-2H3,(H,18,19). The van der Waals surface area contributed by atoms with Crippen molar-refractivity contribution in [3.8, 4) is 22.4 Å². The molecule has 1 aliphatic heterocycles. The van der Waals surface area contributed by atoms with Gasteiger partial charge >= 0.3 is 5.97 Å². The van der Waals surface area contributed by atoms with Crippen LogP contribution in [0.4, 0.5) is 0 Å². The van der Waals surface area contributed by atoms with Gasteiger partial charge in [-0.2, -0.15) is 5.26 Å². The molecule has 0 aliphatic carbocycles. The average molecular weight is 300 g/mol. The van der Waals surface area contributed by atoms with Crippen LogP contribution in [0.3, 0.4) is 0 Å². The highest BCUT2D eigenvalue weighted by Gasteiger charge is 2.24. The van der Waals surface area contributed by atoms with E-state index in [-0.39, 0.29) is 11.0 Å². The minimum Gasteiger partial charge on any atom is -0.489 e. The fraction of sp³-hybridized carbons (Fsp3) is 0.267. The number of nitrogens with zero attached hydrogens (tertiary/aromatic N) is 2. The van der Waals surface area contributed by atoms with E-state index in [9.17, 15) is 10.1 Å². The van der Waals surface area contributed by atoms with Crippen LogP contribution in [0.5, 0.6) is 5.75 Å². The number of nitriles is 1. The van der Waals surface area contributed by atoms with Crippen LogP contribution in [0, 0.1) is 18.3 Å². The number of fused-ring (bicyclic) bond motifs is 1. The van der Waals surface area contributed by atoms with Gasteiger partial charge in [-0.05, 0) is 31.5 Å². The Morgan fingerprint density at radius 1 is 1.57 bits per heavy atom. The average Bonchev–Trinajstić information content (AvgIpc) is 2.99. The Hall–Kier alpha value is -2.39. The maximum Gasteiger partial charge on any atom is 0.347 e. The molecule has 2 heterocycles. The summed E-state index contributed by atoms with van der Waals surface area (Å²) in [7, 11) is 0. The van der Waals surface area contributed by atoms with Gasteiger partial charge in [0.1, 0.15) is 27.8 Å². The minimum atomic E-state index is -0.977. The summed E-state index contributed by atoms with van der Waals surface area (Å²) >= 11 is 1.13. The number of carbonyl (C=O) groups is 1. The first-order valence-corrected chi connectivity index (χ1v) is 7.26. The van der Waals surface area contributed by atoms with Gasteiger partial charge in [0.25, 0.3) is 0 Å². The highest BCUT2D eigenvalue weighted by Crippen LogP contribution is 2.37. The molecule has 1 aromatic heterocycles. The van der Waals surface area contributed by atoms with E-state index >= 15 is 0 Å². The summed E-state index contributed by atoms with van der Waals surface area (Å²) in [4.78, 5) is 15.7. The number of hydrogen-bond acceptors (Lipinski definition) is 5. The van der Waals surface area contributed by atoms with Crippen LogP contribution in [-0.2, 0) is 6.42 Å². The largest absolute Gasteiger partial charge is 0.489 e. The van der Waals surface area contributed by atoms with E-state index in [1.165, 1.54) is 0 Å². The predicted molar refractivity (Wildman–Crippen MR) is 77.8 cm³/mol. The second-order valence-corrected chi connectivity index (χ2v) is 5.99. The Bertz CT molecular complexity index is 789. The van der Waals surface area contributed by atoms with Crippen LogP contribution in [0.25, 0.3) is 10.6 Å². The lowest BCUT2D eigenvalue weighted by Crippen LogP contribution is -2.05. The molecule has 0 saturated carbocycles. The molecule has 0 amide bonds. The van der Waals surface area contributed by atoms with Gasteiger partial charge in [-0.3, -0.25) is 0 Å². The molecule has 21 heavy (non-hydrogen) atoms. The molecule has 0 spiro atoms. The van der Waals surface area contributed by atoms with Crippen molar-refractivity contribution in [2.24, 2.45) is 0 Å². The predicted octanol–water partition coefficient (Wildman–Crippen LogP) is 3.01. The van der Waals surface area contributed by atoms with Crippen molar-refractivity contribution in [2.75, 3.05) is 0 Å². The second kappa shape index (κ2) is 4.86. The van der Waals surface area contributed by atoms with Gasteiger partial charge in [0.2, 0.25) is 0 Å². The SMILES string of the molecule is Cc1nc(-c2cc(C#N)c3c(c2)CC(C)O3)sc1C(=O)O. The van der Waals surface area contributed by atoms with Crippen LogP contribution >= 0.6 is 11.3 Å². The van der Waals surface area contributed by atoms with Gasteiger partial charge in [-0.25, -0.2) is 9.78 Å². The van der Waals surface area contributed by atoms with Gasteiger partial charge in [-0.1, -0.05) is 0 Å². The van der Waals surface area contributed by atoms with Gasteiger partial charge in [0, 0.05) is 12.0 Å². The third-order valence-corrected chi connectivity index (χ3v) is 4.54. The molecule has 0 saturated heterocycles. The summed E-state index contributed by atoms with van der Waals surface area (Å²) in [5, 5.41) is 19.0. The van der Waals surface area contributed by atoms with Crippen LogP contribution < -0.4 is 4.74 Å². The summed E-state index contributed by atoms with van der Waals surface area (Å²) in [5.74, 6) is -0.338. The Balaban J connectivity index is 2.13. The molecular formula is C15H12N2O3S. The number of aryl methyl sites for hydroxylation is 1. The van der Waals surface area contributed by atoms with Crippen LogP contribution in [0.1, 0.15) is 33.4 Å². The topological polar surface area (TPSA) is 83.2 Å². The van der Waals surface area contributed by atoms with Crippen molar-refractivity contribution in [1.29, 1.82) is 5.26 Å². The molecule has 1 atom stereocenters. The zero-order chi connectivity index (χ0) is 15.1. The number of aromatic nitrogens is 1. The third kappa shape index (κ3) is 2.26. The fourth-order valence-corrected chi connectivity index (χ4v) is 3.35. The van der Waals surface area contributed by atoms with Crippen LogP contribution in [0.15, 0.2) is 12.1 Å². The molecule has 1 aromatic carbocycles. The molecule has 1 aliphatic rings. The maximum absolute atomic E-state index is 11.1. The summed E-state index contributed by atoms with van der Waals surface area (Å²) in [6, 6.07) is 5.78. The van der Waals surface area contributed by atoms with Crippen molar-refractivity contribution in [3.05, 3.63) is 33.8 Å². The first kappa shape index (κ1) is 13.6. The number of benzene rings is 1. The molecule has 0 bridgehead atoms. The summed E-state index contributed by atoms with van der Waals surface area (Å²) in [6.45, 7) is 3.63. The van der Waals surface area contributed by atoms with Crippen molar-refractivity contribution in [3.63, 3.8) is 0 Å². The first-order valence-electron chi connectivity index (χ1n) is 6.44. The van der Waals surface area contributed by atoms with E-state index in [1.54, 1.807) is 13.0 Å².